The molecule has 0 spiro atoms. The first-order valence-corrected chi connectivity index (χ1v) is 9.43. The van der Waals surface area contributed by atoms with E-state index in [1.165, 1.54) is 12.1 Å². The van der Waals surface area contributed by atoms with Crippen LogP contribution in [0.3, 0.4) is 0 Å². The van der Waals surface area contributed by atoms with Crippen molar-refractivity contribution >= 4 is 17.6 Å². The zero-order valence-electron chi connectivity index (χ0n) is 16.5. The molecule has 2 N–H and O–H groups in total. The number of nitrogens with one attached hydrogen (secondary N) is 2. The van der Waals surface area contributed by atoms with Gasteiger partial charge in [0.05, 0.1) is 11.6 Å². The Balaban J connectivity index is 1.71. The molecule has 0 saturated heterocycles. The van der Waals surface area contributed by atoms with Crippen molar-refractivity contribution < 1.29 is 26.3 Å². The molecule has 0 atom stereocenters. The number of halogens is 6. The molecular weight excluding hydrogens is 452 g/mol. The third-order valence-electron chi connectivity index (χ3n) is 4.61. The Morgan fingerprint density at radius 3 is 2.39 bits per heavy atom. The normalized spacial score (nSPS) is 15.4. The van der Waals surface area contributed by atoms with Gasteiger partial charge in [-0.05, 0) is 30.3 Å². The van der Waals surface area contributed by atoms with Gasteiger partial charge < -0.3 is 10.6 Å². The highest BCUT2D eigenvalue weighted by atomic mass is 19.4. The van der Waals surface area contributed by atoms with Crippen molar-refractivity contribution in [3.63, 3.8) is 0 Å². The van der Waals surface area contributed by atoms with Crippen LogP contribution in [0.1, 0.15) is 24.1 Å². The van der Waals surface area contributed by atoms with Crippen LogP contribution in [0.15, 0.2) is 36.4 Å². The lowest BCUT2D eigenvalue weighted by Crippen LogP contribution is -2.44. The van der Waals surface area contributed by atoms with Crippen molar-refractivity contribution in [2.75, 3.05) is 10.6 Å². The summed E-state index contributed by atoms with van der Waals surface area (Å²) in [6.07, 6.45) is -5.64. The highest BCUT2D eigenvalue weighted by molar-refractivity contribution is 5.60. The Morgan fingerprint density at radius 2 is 1.73 bits per heavy atom. The van der Waals surface area contributed by atoms with Gasteiger partial charge in [-0.15, -0.1) is 0 Å². The van der Waals surface area contributed by atoms with Crippen LogP contribution in [-0.4, -0.2) is 31.9 Å². The molecule has 1 aliphatic carbocycles. The number of benzene rings is 1. The van der Waals surface area contributed by atoms with Gasteiger partial charge in [0, 0.05) is 24.6 Å². The van der Waals surface area contributed by atoms with Gasteiger partial charge in [0.15, 0.2) is 5.82 Å². The van der Waals surface area contributed by atoms with E-state index in [0.29, 0.717) is 0 Å². The van der Waals surface area contributed by atoms with Crippen LogP contribution in [0.4, 0.5) is 43.9 Å². The zero-order chi connectivity index (χ0) is 23.8. The van der Waals surface area contributed by atoms with Crippen molar-refractivity contribution in [1.82, 2.24) is 19.9 Å². The number of aromatic nitrogens is 4. The molecule has 7 nitrogen and oxygen atoms in total. The molecule has 0 radical (unpaired) electrons. The summed E-state index contributed by atoms with van der Waals surface area (Å²) >= 11 is 0. The number of anilines is 3. The lowest BCUT2D eigenvalue weighted by molar-refractivity contribution is -0.141. The Labute approximate surface area is 182 Å². The smallest absolute Gasteiger partial charge is 0.351 e. The maximum absolute atomic E-state index is 13.8. The molecule has 0 unspecified atom stereocenters. The van der Waals surface area contributed by atoms with Gasteiger partial charge in [0.2, 0.25) is 11.9 Å². The zero-order valence-corrected chi connectivity index (χ0v) is 16.5. The van der Waals surface area contributed by atoms with E-state index in [1.807, 2.05) is 0 Å². The Morgan fingerprint density at radius 1 is 1.00 bits per heavy atom. The highest BCUT2D eigenvalue weighted by Gasteiger charge is 2.45. The first-order chi connectivity index (χ1) is 15.5. The topological polar surface area (TPSA) is 99.4 Å². The van der Waals surface area contributed by atoms with Crippen LogP contribution in [0, 0.1) is 17.1 Å². The Hall–Kier alpha value is -3.95. The predicted molar refractivity (Wildman–Crippen MR) is 104 cm³/mol. The maximum atomic E-state index is 13.8. The summed E-state index contributed by atoms with van der Waals surface area (Å²) in [5, 5.41) is 14.3. The maximum Gasteiger partial charge on any atom is 0.433 e. The number of hydrogen-bond acceptors (Lipinski definition) is 7. The molecular formula is C20H13F6N7. The molecule has 1 saturated carbocycles. The van der Waals surface area contributed by atoms with Gasteiger partial charge in [0.25, 0.3) is 5.92 Å². The molecule has 0 aliphatic heterocycles. The molecule has 1 fully saturated rings. The second-order valence-electron chi connectivity index (χ2n) is 7.28. The van der Waals surface area contributed by atoms with Gasteiger partial charge in [-0.1, -0.05) is 6.07 Å². The van der Waals surface area contributed by atoms with Crippen LogP contribution in [0.2, 0.25) is 0 Å². The number of pyridine rings is 1. The quantitative estimate of drug-likeness (QED) is 0.516. The van der Waals surface area contributed by atoms with E-state index in [4.69, 9.17) is 5.26 Å². The summed E-state index contributed by atoms with van der Waals surface area (Å²) in [6, 6.07) is 7.61. The molecule has 4 rings (SSSR count). The van der Waals surface area contributed by atoms with Crippen LogP contribution in [0.5, 0.6) is 0 Å². The number of hydrogen-bond donors (Lipinski definition) is 2. The van der Waals surface area contributed by atoms with Gasteiger partial charge in [-0.3, -0.25) is 0 Å². The van der Waals surface area contributed by atoms with Crippen molar-refractivity contribution in [2.24, 2.45) is 0 Å². The van der Waals surface area contributed by atoms with Crippen LogP contribution >= 0.6 is 0 Å². The highest BCUT2D eigenvalue weighted by Crippen LogP contribution is 2.39. The van der Waals surface area contributed by atoms with E-state index in [2.05, 4.69) is 30.6 Å². The molecule has 0 bridgehead atoms. The van der Waals surface area contributed by atoms with E-state index in [0.717, 1.165) is 24.3 Å². The van der Waals surface area contributed by atoms with E-state index in [9.17, 15) is 26.3 Å². The predicted octanol–water partition coefficient (Wildman–Crippen LogP) is 4.92. The standard InChI is InChI=1S/C20H13F6N7/c21-11-4-10(9-27)5-12(6-11)28-17-31-16(14-2-1-3-15(30-14)20(24,25)26)32-18(33-17)29-13-7-19(22,23)8-13/h1-6,13H,7-8H2,(H2,28,29,31,32,33). The van der Waals surface area contributed by atoms with Crippen molar-refractivity contribution in [3.8, 4) is 17.6 Å². The molecule has 2 heterocycles. The number of nitriles is 1. The van der Waals surface area contributed by atoms with E-state index >= 15 is 0 Å². The summed E-state index contributed by atoms with van der Waals surface area (Å²) in [5.74, 6) is -4.22. The summed E-state index contributed by atoms with van der Waals surface area (Å²) in [5.41, 5.74) is -1.33. The second kappa shape index (κ2) is 8.19. The SMILES string of the molecule is N#Cc1cc(F)cc(Nc2nc(NC3CC(F)(F)C3)nc(-c3cccc(C(F)(F)F)n3)n2)c1. The molecule has 170 valence electrons. The van der Waals surface area contributed by atoms with Crippen LogP contribution in [0.25, 0.3) is 11.5 Å². The molecule has 1 aliphatic rings. The summed E-state index contributed by atoms with van der Waals surface area (Å²) in [4.78, 5) is 15.6. The number of alkyl halides is 5. The first kappa shape index (κ1) is 22.3. The van der Waals surface area contributed by atoms with E-state index in [-0.39, 0.29) is 34.7 Å². The summed E-state index contributed by atoms with van der Waals surface area (Å²) in [7, 11) is 0. The molecule has 33 heavy (non-hydrogen) atoms. The van der Waals surface area contributed by atoms with Gasteiger partial charge >= 0.3 is 6.18 Å². The minimum atomic E-state index is -4.71. The summed E-state index contributed by atoms with van der Waals surface area (Å²) < 4.78 is 79.3. The molecule has 1 aromatic carbocycles. The van der Waals surface area contributed by atoms with Gasteiger partial charge in [-0.25, -0.2) is 18.2 Å². The monoisotopic (exact) mass is 465 g/mol. The molecule has 0 amide bonds. The van der Waals surface area contributed by atoms with E-state index < -0.39 is 42.5 Å². The first-order valence-electron chi connectivity index (χ1n) is 9.43. The molecule has 2 aromatic heterocycles. The lowest BCUT2D eigenvalue weighted by atomic mass is 9.88. The van der Waals surface area contributed by atoms with Crippen molar-refractivity contribution in [3.05, 3.63) is 53.5 Å². The largest absolute Gasteiger partial charge is 0.433 e. The Kier molecular flexibility index (Phi) is 5.52. The van der Waals surface area contributed by atoms with Gasteiger partial charge in [-0.2, -0.15) is 33.4 Å². The summed E-state index contributed by atoms with van der Waals surface area (Å²) in [6.45, 7) is 0. The number of nitrogens with zero attached hydrogens (tertiary/aromatic N) is 5. The van der Waals surface area contributed by atoms with Gasteiger partial charge in [0.1, 0.15) is 17.2 Å². The second-order valence-corrected chi connectivity index (χ2v) is 7.28. The molecule has 13 heteroatoms. The lowest BCUT2D eigenvalue weighted by Gasteiger charge is -2.35. The fraction of sp³-hybridized carbons (Fsp3) is 0.250. The Bertz CT molecular complexity index is 1230. The number of rotatable bonds is 5. The third-order valence-corrected chi connectivity index (χ3v) is 4.61. The third kappa shape index (κ3) is 5.28. The fourth-order valence-corrected chi connectivity index (χ4v) is 3.13. The average molecular weight is 465 g/mol. The van der Waals surface area contributed by atoms with Crippen LogP contribution in [-0.2, 0) is 6.18 Å². The average Bonchev–Trinajstić information content (AvgIpc) is 2.71. The van der Waals surface area contributed by atoms with Crippen molar-refractivity contribution in [1.29, 1.82) is 5.26 Å². The van der Waals surface area contributed by atoms with E-state index in [1.54, 1.807) is 6.07 Å². The minimum absolute atomic E-state index is 0.00127. The fourth-order valence-electron chi connectivity index (χ4n) is 3.13. The van der Waals surface area contributed by atoms with Crippen molar-refractivity contribution in [2.45, 2.75) is 31.0 Å². The molecule has 3 aromatic rings. The minimum Gasteiger partial charge on any atom is -0.351 e. The van der Waals surface area contributed by atoms with Crippen LogP contribution < -0.4 is 10.6 Å².